The number of hydrogen-bond acceptors (Lipinski definition) is 6. The molecule has 0 aliphatic heterocycles. The fourth-order valence-electron chi connectivity index (χ4n) is 3.12. The van der Waals surface area contributed by atoms with E-state index in [0.717, 1.165) is 0 Å². The zero-order valence-corrected chi connectivity index (χ0v) is 15.5. The Labute approximate surface area is 151 Å². The van der Waals surface area contributed by atoms with Gasteiger partial charge in [-0.05, 0) is 33.3 Å². The summed E-state index contributed by atoms with van der Waals surface area (Å²) < 4.78 is 0. The van der Waals surface area contributed by atoms with E-state index in [1.54, 1.807) is 6.92 Å². The van der Waals surface area contributed by atoms with Gasteiger partial charge < -0.3 is 30.6 Å². The summed E-state index contributed by atoms with van der Waals surface area (Å²) in [6.45, 7) is 11.6. The molecule has 2 aromatic carbocycles. The highest BCUT2D eigenvalue weighted by atomic mass is 16.3. The van der Waals surface area contributed by atoms with Gasteiger partial charge in [0.25, 0.3) is 0 Å². The van der Waals surface area contributed by atoms with Gasteiger partial charge in [0, 0.05) is 33.7 Å². The quantitative estimate of drug-likeness (QED) is 0.492. The second-order valence-corrected chi connectivity index (χ2v) is 6.63. The minimum absolute atomic E-state index is 0.0347. The number of phenols is 6. The van der Waals surface area contributed by atoms with Crippen LogP contribution in [-0.4, -0.2) is 30.6 Å². The predicted molar refractivity (Wildman–Crippen MR) is 99.3 cm³/mol. The van der Waals surface area contributed by atoms with E-state index in [9.17, 15) is 30.6 Å². The first-order chi connectivity index (χ1) is 11.9. The normalized spacial score (nSPS) is 12.2. The van der Waals surface area contributed by atoms with Crippen molar-refractivity contribution in [2.45, 2.75) is 40.5 Å². The molecule has 1 atom stereocenters. The van der Waals surface area contributed by atoms with Crippen LogP contribution in [0.25, 0.3) is 5.57 Å². The third kappa shape index (κ3) is 2.58. The van der Waals surface area contributed by atoms with Crippen molar-refractivity contribution >= 4 is 5.57 Å². The molecule has 0 radical (unpaired) electrons. The van der Waals surface area contributed by atoms with Gasteiger partial charge in [0.2, 0.25) is 0 Å². The SMILES string of the molecule is C=C(c1c(O)c(C)c(O)c(C)c1O)C(C)c1c(O)c(C)c(O)c(C)c1O. The Hall–Kier alpha value is -3.02. The van der Waals surface area contributed by atoms with E-state index >= 15 is 0 Å². The third-order valence-corrected chi connectivity index (χ3v) is 5.10. The molecule has 0 bridgehead atoms. The zero-order chi connectivity index (χ0) is 20.1. The van der Waals surface area contributed by atoms with Crippen molar-refractivity contribution in [3.63, 3.8) is 0 Å². The van der Waals surface area contributed by atoms with Crippen molar-refractivity contribution in [3.05, 3.63) is 40.0 Å². The van der Waals surface area contributed by atoms with Gasteiger partial charge in [0.1, 0.15) is 34.5 Å². The summed E-state index contributed by atoms with van der Waals surface area (Å²) in [6.07, 6.45) is 0. The molecule has 2 aromatic rings. The monoisotopic (exact) mass is 360 g/mol. The Bertz CT molecular complexity index is 869. The van der Waals surface area contributed by atoms with Gasteiger partial charge >= 0.3 is 0 Å². The highest BCUT2D eigenvalue weighted by Gasteiger charge is 2.29. The number of aromatic hydroxyl groups is 6. The largest absolute Gasteiger partial charge is 0.507 e. The van der Waals surface area contributed by atoms with Crippen LogP contribution in [0.4, 0.5) is 0 Å². The van der Waals surface area contributed by atoms with E-state index < -0.39 is 5.92 Å². The molecular formula is C20H24O6. The summed E-state index contributed by atoms with van der Waals surface area (Å²) in [6, 6.07) is 0. The fraction of sp³-hybridized carbons (Fsp3) is 0.300. The van der Waals surface area contributed by atoms with Crippen molar-refractivity contribution in [1.29, 1.82) is 0 Å². The van der Waals surface area contributed by atoms with E-state index in [1.165, 1.54) is 27.7 Å². The van der Waals surface area contributed by atoms with E-state index in [2.05, 4.69) is 6.58 Å². The van der Waals surface area contributed by atoms with Crippen LogP contribution >= 0.6 is 0 Å². The second kappa shape index (κ2) is 6.37. The lowest BCUT2D eigenvalue weighted by molar-refractivity contribution is 0.405. The Kier molecular flexibility index (Phi) is 4.73. The highest BCUT2D eigenvalue weighted by Crippen LogP contribution is 2.51. The van der Waals surface area contributed by atoms with Gasteiger partial charge in [0.15, 0.2) is 0 Å². The lowest BCUT2D eigenvalue weighted by atomic mass is 9.84. The molecule has 6 N–H and O–H groups in total. The van der Waals surface area contributed by atoms with Gasteiger partial charge in [0.05, 0.1) is 5.56 Å². The summed E-state index contributed by atoms with van der Waals surface area (Å²) in [7, 11) is 0. The molecule has 26 heavy (non-hydrogen) atoms. The van der Waals surface area contributed by atoms with Crippen LogP contribution in [0.3, 0.4) is 0 Å². The van der Waals surface area contributed by atoms with Crippen LogP contribution < -0.4 is 0 Å². The van der Waals surface area contributed by atoms with Crippen molar-refractivity contribution in [2.75, 3.05) is 0 Å². The molecule has 0 aliphatic carbocycles. The molecule has 0 spiro atoms. The third-order valence-electron chi connectivity index (χ3n) is 5.10. The molecule has 0 heterocycles. The standard InChI is InChI=1S/C20H24O6/c1-7(13-17(23)9(3)15(21)10(4)18(13)24)8(2)14-19(25)11(5)16(22)12(6)20(14)26/h8,21-26H,1H2,2-6H3. The van der Waals surface area contributed by atoms with Crippen molar-refractivity contribution in [2.24, 2.45) is 0 Å². The Balaban J connectivity index is 2.72. The van der Waals surface area contributed by atoms with Gasteiger partial charge in [-0.2, -0.15) is 0 Å². The number of benzene rings is 2. The molecule has 0 amide bonds. The molecule has 0 fully saturated rings. The molecular weight excluding hydrogens is 336 g/mol. The average molecular weight is 360 g/mol. The lowest BCUT2D eigenvalue weighted by Crippen LogP contribution is -2.03. The number of rotatable bonds is 3. The Morgan fingerprint density at radius 2 is 0.923 bits per heavy atom. The summed E-state index contributed by atoms with van der Waals surface area (Å²) >= 11 is 0. The van der Waals surface area contributed by atoms with E-state index in [1.807, 2.05) is 0 Å². The highest BCUT2D eigenvalue weighted by molar-refractivity contribution is 5.83. The van der Waals surface area contributed by atoms with Crippen molar-refractivity contribution < 1.29 is 30.6 Å². The van der Waals surface area contributed by atoms with Crippen LogP contribution in [0.15, 0.2) is 6.58 Å². The lowest BCUT2D eigenvalue weighted by Gasteiger charge is -2.23. The van der Waals surface area contributed by atoms with E-state index in [-0.39, 0.29) is 73.5 Å². The van der Waals surface area contributed by atoms with Gasteiger partial charge in [-0.25, -0.2) is 0 Å². The van der Waals surface area contributed by atoms with E-state index in [0.29, 0.717) is 0 Å². The van der Waals surface area contributed by atoms with Gasteiger partial charge in [-0.3, -0.25) is 0 Å². The van der Waals surface area contributed by atoms with Crippen LogP contribution in [0.2, 0.25) is 0 Å². The minimum atomic E-state index is -0.701. The first-order valence-electron chi connectivity index (χ1n) is 8.10. The summed E-state index contributed by atoms with van der Waals surface area (Å²) in [5, 5.41) is 61.6. The maximum atomic E-state index is 10.4. The minimum Gasteiger partial charge on any atom is -0.507 e. The number of allylic oxidation sites excluding steroid dienone is 1. The molecule has 0 aliphatic rings. The van der Waals surface area contributed by atoms with Crippen LogP contribution in [-0.2, 0) is 0 Å². The smallest absolute Gasteiger partial charge is 0.133 e. The molecule has 6 nitrogen and oxygen atoms in total. The Morgan fingerprint density at radius 3 is 1.27 bits per heavy atom. The molecule has 6 heteroatoms. The predicted octanol–water partition coefficient (Wildman–Crippen LogP) is 3.97. The summed E-state index contributed by atoms with van der Waals surface area (Å²) in [5.74, 6) is -2.35. The van der Waals surface area contributed by atoms with Gasteiger partial charge in [-0.15, -0.1) is 0 Å². The average Bonchev–Trinajstić information content (AvgIpc) is 2.61. The molecule has 0 saturated carbocycles. The fourth-order valence-corrected chi connectivity index (χ4v) is 3.12. The zero-order valence-electron chi connectivity index (χ0n) is 15.5. The molecule has 0 saturated heterocycles. The first-order valence-corrected chi connectivity index (χ1v) is 8.10. The molecule has 1 unspecified atom stereocenters. The molecule has 0 aromatic heterocycles. The molecule has 140 valence electrons. The van der Waals surface area contributed by atoms with Gasteiger partial charge in [-0.1, -0.05) is 13.5 Å². The second-order valence-electron chi connectivity index (χ2n) is 6.63. The maximum Gasteiger partial charge on any atom is 0.133 e. The first kappa shape index (κ1) is 19.3. The van der Waals surface area contributed by atoms with Crippen LogP contribution in [0.5, 0.6) is 34.5 Å². The van der Waals surface area contributed by atoms with Crippen LogP contribution in [0, 0.1) is 27.7 Å². The number of phenolic OH excluding ortho intramolecular Hbond substituents is 6. The topological polar surface area (TPSA) is 121 Å². The van der Waals surface area contributed by atoms with Crippen molar-refractivity contribution in [1.82, 2.24) is 0 Å². The van der Waals surface area contributed by atoms with Crippen molar-refractivity contribution in [3.8, 4) is 34.5 Å². The van der Waals surface area contributed by atoms with Crippen LogP contribution in [0.1, 0.15) is 46.2 Å². The number of hydrogen-bond donors (Lipinski definition) is 6. The molecule has 2 rings (SSSR count). The summed E-state index contributed by atoms with van der Waals surface area (Å²) in [5.41, 5.74) is 1.20. The summed E-state index contributed by atoms with van der Waals surface area (Å²) in [4.78, 5) is 0. The maximum absolute atomic E-state index is 10.4. The van der Waals surface area contributed by atoms with E-state index in [4.69, 9.17) is 0 Å². The Morgan fingerprint density at radius 1 is 0.615 bits per heavy atom.